The molecule has 0 saturated carbocycles. The molecule has 1 rings (SSSR count). The highest BCUT2D eigenvalue weighted by atomic mass is 16.5. The lowest BCUT2D eigenvalue weighted by atomic mass is 10.1. The quantitative estimate of drug-likeness (QED) is 0.644. The molecule has 0 bridgehead atoms. The molecule has 0 aromatic carbocycles. The van der Waals surface area contributed by atoms with E-state index >= 15 is 0 Å². The van der Waals surface area contributed by atoms with Crippen LogP contribution >= 0.6 is 0 Å². The van der Waals surface area contributed by atoms with Crippen LogP contribution in [0.2, 0.25) is 0 Å². The Morgan fingerprint density at radius 2 is 2.16 bits per heavy atom. The second-order valence-electron chi connectivity index (χ2n) is 5.28. The molecule has 1 aromatic rings. The zero-order chi connectivity index (χ0) is 14.3. The van der Waals surface area contributed by atoms with E-state index in [4.69, 9.17) is 4.74 Å². The van der Waals surface area contributed by atoms with Crippen LogP contribution in [0.15, 0.2) is 23.3 Å². The van der Waals surface area contributed by atoms with Crippen molar-refractivity contribution in [2.45, 2.75) is 39.8 Å². The monoisotopic (exact) mass is 264 g/mol. The number of hydrogen-bond acceptors (Lipinski definition) is 3. The summed E-state index contributed by atoms with van der Waals surface area (Å²) in [5.41, 5.74) is 1.05. The van der Waals surface area contributed by atoms with E-state index in [1.807, 2.05) is 12.1 Å². The van der Waals surface area contributed by atoms with E-state index in [1.54, 1.807) is 13.3 Å². The maximum atomic E-state index is 5.10. The van der Waals surface area contributed by atoms with E-state index < -0.39 is 0 Å². The highest BCUT2D eigenvalue weighted by molar-refractivity contribution is 5.80. The Hall–Kier alpha value is -1.78. The average molecular weight is 264 g/mol. The summed E-state index contributed by atoms with van der Waals surface area (Å²) in [4.78, 5) is 8.63. The van der Waals surface area contributed by atoms with Crippen LogP contribution in [-0.4, -0.2) is 30.1 Å². The van der Waals surface area contributed by atoms with Crippen molar-refractivity contribution < 1.29 is 4.74 Å². The van der Waals surface area contributed by atoms with Gasteiger partial charge in [0.05, 0.1) is 13.7 Å². The molecule has 2 N–H and O–H groups in total. The first kappa shape index (κ1) is 15.3. The van der Waals surface area contributed by atoms with Gasteiger partial charge in [-0.2, -0.15) is 0 Å². The van der Waals surface area contributed by atoms with Gasteiger partial charge in [-0.1, -0.05) is 0 Å². The number of aromatic nitrogens is 1. The fraction of sp³-hybridized carbons (Fsp3) is 0.571. The van der Waals surface area contributed by atoms with Crippen LogP contribution in [0.25, 0.3) is 0 Å². The summed E-state index contributed by atoms with van der Waals surface area (Å²) >= 11 is 0. The molecule has 0 atom stereocenters. The van der Waals surface area contributed by atoms with Crippen LogP contribution < -0.4 is 15.4 Å². The predicted octanol–water partition coefficient (Wildman–Crippen LogP) is 1.94. The maximum absolute atomic E-state index is 5.10. The Kier molecular flexibility index (Phi) is 5.60. The SMILES string of the molecule is CCNC(=NCc1ccnc(OC)c1)NC(C)(C)C. The number of rotatable bonds is 4. The number of pyridine rings is 1. The van der Waals surface area contributed by atoms with Crippen molar-refractivity contribution in [1.29, 1.82) is 0 Å². The van der Waals surface area contributed by atoms with Gasteiger partial charge in [-0.3, -0.25) is 0 Å². The minimum atomic E-state index is -0.0169. The summed E-state index contributed by atoms with van der Waals surface area (Å²) in [6, 6.07) is 3.83. The van der Waals surface area contributed by atoms with Crippen molar-refractivity contribution in [2.24, 2.45) is 4.99 Å². The van der Waals surface area contributed by atoms with Gasteiger partial charge < -0.3 is 15.4 Å². The minimum Gasteiger partial charge on any atom is -0.481 e. The number of hydrogen-bond donors (Lipinski definition) is 2. The molecule has 0 saturated heterocycles. The number of nitrogens with one attached hydrogen (secondary N) is 2. The van der Waals surface area contributed by atoms with E-state index in [0.717, 1.165) is 18.1 Å². The first-order chi connectivity index (χ1) is 8.94. The molecule has 1 aromatic heterocycles. The third kappa shape index (κ3) is 6.08. The van der Waals surface area contributed by atoms with E-state index in [2.05, 4.69) is 48.3 Å². The fourth-order valence-electron chi connectivity index (χ4n) is 1.49. The van der Waals surface area contributed by atoms with Crippen molar-refractivity contribution in [2.75, 3.05) is 13.7 Å². The van der Waals surface area contributed by atoms with Crippen LogP contribution in [-0.2, 0) is 6.54 Å². The van der Waals surface area contributed by atoms with Gasteiger partial charge in [-0.15, -0.1) is 0 Å². The van der Waals surface area contributed by atoms with Crippen molar-refractivity contribution in [1.82, 2.24) is 15.6 Å². The molecule has 0 spiro atoms. The van der Waals surface area contributed by atoms with Crippen LogP contribution in [0.1, 0.15) is 33.3 Å². The molecule has 5 heteroatoms. The molecule has 0 unspecified atom stereocenters. The molecular formula is C14H24N4O. The van der Waals surface area contributed by atoms with Crippen molar-refractivity contribution >= 4 is 5.96 Å². The van der Waals surface area contributed by atoms with E-state index in [9.17, 15) is 0 Å². The Bertz CT molecular complexity index is 424. The van der Waals surface area contributed by atoms with Crippen molar-refractivity contribution in [3.63, 3.8) is 0 Å². The van der Waals surface area contributed by atoms with Gasteiger partial charge in [-0.25, -0.2) is 9.98 Å². The molecule has 0 fully saturated rings. The molecule has 0 aliphatic carbocycles. The molecule has 1 heterocycles. The summed E-state index contributed by atoms with van der Waals surface area (Å²) in [5.74, 6) is 1.42. The van der Waals surface area contributed by atoms with Gasteiger partial charge in [-0.05, 0) is 39.3 Å². The molecule has 0 aliphatic heterocycles. The number of methoxy groups -OCH3 is 1. The summed E-state index contributed by atoms with van der Waals surface area (Å²) in [6.45, 7) is 9.79. The third-order valence-electron chi connectivity index (χ3n) is 2.27. The largest absolute Gasteiger partial charge is 0.481 e. The van der Waals surface area contributed by atoms with Crippen LogP contribution in [0, 0.1) is 0 Å². The third-order valence-corrected chi connectivity index (χ3v) is 2.27. The van der Waals surface area contributed by atoms with Crippen LogP contribution in [0.4, 0.5) is 0 Å². The Labute approximate surface area is 115 Å². The molecule has 106 valence electrons. The standard InChI is InChI=1S/C14H24N4O/c1-6-15-13(18-14(2,3)4)17-10-11-7-8-16-12(9-11)19-5/h7-9H,6,10H2,1-5H3,(H2,15,17,18). The Balaban J connectivity index is 2.73. The van der Waals surface area contributed by atoms with Gasteiger partial charge in [0, 0.05) is 24.3 Å². The van der Waals surface area contributed by atoms with Gasteiger partial charge in [0.2, 0.25) is 5.88 Å². The van der Waals surface area contributed by atoms with Crippen LogP contribution in [0.3, 0.4) is 0 Å². The molecule has 0 amide bonds. The summed E-state index contributed by atoms with van der Waals surface area (Å²) in [6.07, 6.45) is 1.73. The fourth-order valence-corrected chi connectivity index (χ4v) is 1.49. The van der Waals surface area contributed by atoms with Crippen molar-refractivity contribution in [3.05, 3.63) is 23.9 Å². The van der Waals surface area contributed by atoms with Gasteiger partial charge >= 0.3 is 0 Å². The number of ether oxygens (including phenoxy) is 1. The number of aliphatic imine (C=N–C) groups is 1. The van der Waals surface area contributed by atoms with E-state index in [-0.39, 0.29) is 5.54 Å². The molecule has 19 heavy (non-hydrogen) atoms. The zero-order valence-electron chi connectivity index (χ0n) is 12.4. The topological polar surface area (TPSA) is 58.5 Å². The van der Waals surface area contributed by atoms with Crippen LogP contribution in [0.5, 0.6) is 5.88 Å². The Morgan fingerprint density at radius 3 is 2.74 bits per heavy atom. The second-order valence-corrected chi connectivity index (χ2v) is 5.28. The first-order valence-electron chi connectivity index (χ1n) is 6.50. The molecule has 5 nitrogen and oxygen atoms in total. The maximum Gasteiger partial charge on any atom is 0.213 e. The Morgan fingerprint density at radius 1 is 1.42 bits per heavy atom. The van der Waals surface area contributed by atoms with Crippen molar-refractivity contribution in [3.8, 4) is 5.88 Å². The predicted molar refractivity (Wildman–Crippen MR) is 78.5 cm³/mol. The smallest absolute Gasteiger partial charge is 0.213 e. The summed E-state index contributed by atoms with van der Waals surface area (Å²) in [5, 5.41) is 6.58. The summed E-state index contributed by atoms with van der Waals surface area (Å²) in [7, 11) is 1.61. The van der Waals surface area contributed by atoms with Gasteiger partial charge in [0.1, 0.15) is 0 Å². The lowest BCUT2D eigenvalue weighted by Gasteiger charge is -2.23. The highest BCUT2D eigenvalue weighted by Crippen LogP contribution is 2.09. The molecular weight excluding hydrogens is 240 g/mol. The average Bonchev–Trinajstić information content (AvgIpc) is 2.35. The normalized spacial score (nSPS) is 12.2. The van der Waals surface area contributed by atoms with Gasteiger partial charge in [0.25, 0.3) is 0 Å². The summed E-state index contributed by atoms with van der Waals surface area (Å²) < 4.78 is 5.10. The number of guanidine groups is 1. The molecule has 0 radical (unpaired) electrons. The molecule has 0 aliphatic rings. The lowest BCUT2D eigenvalue weighted by molar-refractivity contribution is 0.397. The lowest BCUT2D eigenvalue weighted by Crippen LogP contribution is -2.47. The zero-order valence-corrected chi connectivity index (χ0v) is 12.4. The number of nitrogens with zero attached hydrogens (tertiary/aromatic N) is 2. The minimum absolute atomic E-state index is 0.0169. The first-order valence-corrected chi connectivity index (χ1v) is 6.50. The van der Waals surface area contributed by atoms with E-state index in [1.165, 1.54) is 0 Å². The van der Waals surface area contributed by atoms with Gasteiger partial charge in [0.15, 0.2) is 5.96 Å². The van der Waals surface area contributed by atoms with E-state index in [0.29, 0.717) is 12.4 Å². The second kappa shape index (κ2) is 6.97. The highest BCUT2D eigenvalue weighted by Gasteiger charge is 2.11.